The molecule has 0 N–H and O–H groups in total. The zero-order chi connectivity index (χ0) is 16.9. The number of hydrogen-bond donors (Lipinski definition) is 0. The Morgan fingerprint density at radius 1 is 1.00 bits per heavy atom. The third-order valence-electron chi connectivity index (χ3n) is 4.14. The second-order valence-corrected chi connectivity index (χ2v) is 6.75. The summed E-state index contributed by atoms with van der Waals surface area (Å²) in [5.74, 6) is -0.242. The number of benzene rings is 1. The van der Waals surface area contributed by atoms with E-state index in [0.29, 0.717) is 26.2 Å². The van der Waals surface area contributed by atoms with Gasteiger partial charge in [0, 0.05) is 26.2 Å². The molecule has 24 heavy (non-hydrogen) atoms. The molecule has 1 aromatic carbocycles. The highest BCUT2D eigenvalue weighted by Crippen LogP contribution is 2.15. The van der Waals surface area contributed by atoms with Crippen molar-refractivity contribution in [2.45, 2.75) is 12.8 Å². The Balaban J connectivity index is 1.57. The molecule has 0 spiro atoms. The van der Waals surface area contributed by atoms with Gasteiger partial charge in [0.25, 0.3) is 5.91 Å². The quantitative estimate of drug-likeness (QED) is 0.857. The van der Waals surface area contributed by atoms with Gasteiger partial charge in [-0.15, -0.1) is 11.3 Å². The Hall–Kier alpha value is -2.21. The van der Waals surface area contributed by atoms with Crippen molar-refractivity contribution in [3.8, 4) is 0 Å². The van der Waals surface area contributed by atoms with Crippen LogP contribution < -0.4 is 0 Å². The summed E-state index contributed by atoms with van der Waals surface area (Å²) in [6.07, 6.45) is 1.03. The number of amides is 2. The van der Waals surface area contributed by atoms with Crippen LogP contribution in [0.2, 0.25) is 0 Å². The minimum atomic E-state index is -0.302. The fraction of sp³-hybridized carbons (Fsp3) is 0.333. The average Bonchev–Trinajstić information content (AvgIpc) is 3.00. The maximum absolute atomic E-state index is 12.9. The number of halogens is 1. The predicted octanol–water partition coefficient (Wildman–Crippen LogP) is 2.80. The molecule has 2 amide bonds. The number of hydrogen-bond acceptors (Lipinski definition) is 3. The van der Waals surface area contributed by atoms with Crippen molar-refractivity contribution in [3.63, 3.8) is 0 Å². The first kappa shape index (κ1) is 16.6. The van der Waals surface area contributed by atoms with E-state index in [9.17, 15) is 14.0 Å². The van der Waals surface area contributed by atoms with Gasteiger partial charge in [0.15, 0.2) is 0 Å². The van der Waals surface area contributed by atoms with E-state index >= 15 is 0 Å². The monoisotopic (exact) mass is 346 g/mol. The summed E-state index contributed by atoms with van der Waals surface area (Å²) in [4.78, 5) is 29.2. The average molecular weight is 346 g/mol. The topological polar surface area (TPSA) is 40.6 Å². The fourth-order valence-corrected chi connectivity index (χ4v) is 3.51. The zero-order valence-corrected chi connectivity index (χ0v) is 14.1. The van der Waals surface area contributed by atoms with Gasteiger partial charge >= 0.3 is 0 Å². The van der Waals surface area contributed by atoms with Gasteiger partial charge in [-0.05, 0) is 35.6 Å². The maximum Gasteiger partial charge on any atom is 0.263 e. The second kappa shape index (κ2) is 7.57. The summed E-state index contributed by atoms with van der Waals surface area (Å²) in [5.41, 5.74) is 0.803. The van der Waals surface area contributed by atoms with Crippen molar-refractivity contribution < 1.29 is 14.0 Å². The van der Waals surface area contributed by atoms with Gasteiger partial charge in [-0.1, -0.05) is 18.2 Å². The number of carbonyl (C=O) groups is 2. The Bertz CT molecular complexity index is 700. The molecule has 126 valence electrons. The molecule has 6 heteroatoms. The largest absolute Gasteiger partial charge is 0.341 e. The number of carbonyl (C=O) groups excluding carboxylic acids is 2. The number of rotatable bonds is 3. The molecule has 1 aliphatic heterocycles. The van der Waals surface area contributed by atoms with Crippen LogP contribution in [-0.4, -0.2) is 47.8 Å². The summed E-state index contributed by atoms with van der Waals surface area (Å²) >= 11 is 1.44. The summed E-state index contributed by atoms with van der Waals surface area (Å²) in [6.45, 7) is 2.40. The molecule has 1 fully saturated rings. The lowest BCUT2D eigenvalue weighted by molar-refractivity contribution is -0.130. The lowest BCUT2D eigenvalue weighted by atomic mass is 10.1. The summed E-state index contributed by atoms with van der Waals surface area (Å²) in [5, 5.41) is 1.89. The van der Waals surface area contributed by atoms with Crippen molar-refractivity contribution in [1.29, 1.82) is 0 Å². The molecule has 3 rings (SSSR count). The molecule has 0 aliphatic carbocycles. The van der Waals surface area contributed by atoms with Crippen LogP contribution in [0, 0.1) is 5.82 Å². The molecule has 0 radical (unpaired) electrons. The van der Waals surface area contributed by atoms with Crippen molar-refractivity contribution in [3.05, 3.63) is 58.0 Å². The van der Waals surface area contributed by atoms with Crippen LogP contribution >= 0.6 is 11.3 Å². The highest BCUT2D eigenvalue weighted by molar-refractivity contribution is 7.12. The predicted molar refractivity (Wildman–Crippen MR) is 91.5 cm³/mol. The van der Waals surface area contributed by atoms with E-state index in [1.807, 2.05) is 22.4 Å². The molecule has 0 saturated carbocycles. The first-order chi connectivity index (χ1) is 11.6. The van der Waals surface area contributed by atoms with Crippen molar-refractivity contribution >= 4 is 23.2 Å². The van der Waals surface area contributed by atoms with E-state index in [1.54, 1.807) is 17.0 Å². The Morgan fingerprint density at radius 2 is 1.71 bits per heavy atom. The third kappa shape index (κ3) is 4.00. The zero-order valence-electron chi connectivity index (χ0n) is 13.3. The second-order valence-electron chi connectivity index (χ2n) is 5.81. The molecule has 4 nitrogen and oxygen atoms in total. The summed E-state index contributed by atoms with van der Waals surface area (Å²) < 4.78 is 12.9. The van der Waals surface area contributed by atoms with Crippen LogP contribution in [0.3, 0.4) is 0 Å². The molecule has 2 heterocycles. The van der Waals surface area contributed by atoms with Crippen molar-refractivity contribution in [2.75, 3.05) is 26.2 Å². The molecule has 1 aliphatic rings. The van der Waals surface area contributed by atoms with Crippen molar-refractivity contribution in [1.82, 2.24) is 9.80 Å². The Kier molecular flexibility index (Phi) is 5.25. The van der Waals surface area contributed by atoms with Gasteiger partial charge in [0.1, 0.15) is 5.82 Å². The molecule has 0 bridgehead atoms. The van der Waals surface area contributed by atoms with Gasteiger partial charge in [0.2, 0.25) is 5.91 Å². The molecular weight excluding hydrogens is 327 g/mol. The van der Waals surface area contributed by atoms with Crippen LogP contribution in [0.4, 0.5) is 4.39 Å². The van der Waals surface area contributed by atoms with Gasteiger partial charge < -0.3 is 9.80 Å². The van der Waals surface area contributed by atoms with E-state index in [2.05, 4.69) is 0 Å². The van der Waals surface area contributed by atoms with Crippen LogP contribution in [0.15, 0.2) is 41.8 Å². The van der Waals surface area contributed by atoms with Gasteiger partial charge in [-0.25, -0.2) is 4.39 Å². The molecular formula is C18H19FN2O2S. The highest BCUT2D eigenvalue weighted by atomic mass is 32.1. The van der Waals surface area contributed by atoms with E-state index in [-0.39, 0.29) is 24.1 Å². The minimum Gasteiger partial charge on any atom is -0.341 e. The molecule has 1 saturated heterocycles. The molecule has 1 aromatic heterocycles. The number of nitrogens with zero attached hydrogens (tertiary/aromatic N) is 2. The number of thiophene rings is 1. The van der Waals surface area contributed by atoms with Crippen LogP contribution in [0.5, 0.6) is 0 Å². The smallest absolute Gasteiger partial charge is 0.263 e. The maximum atomic E-state index is 12.9. The lowest BCUT2D eigenvalue weighted by Crippen LogP contribution is -2.37. The van der Waals surface area contributed by atoms with Crippen molar-refractivity contribution in [2.24, 2.45) is 0 Å². The van der Waals surface area contributed by atoms with Gasteiger partial charge in [-0.2, -0.15) is 0 Å². The summed E-state index contributed by atoms with van der Waals surface area (Å²) in [7, 11) is 0. The normalized spacial score (nSPS) is 15.2. The van der Waals surface area contributed by atoms with Crippen LogP contribution in [0.25, 0.3) is 0 Å². The molecule has 2 aromatic rings. The fourth-order valence-electron chi connectivity index (χ4n) is 2.81. The van der Waals surface area contributed by atoms with Gasteiger partial charge in [0.05, 0.1) is 11.3 Å². The lowest BCUT2D eigenvalue weighted by Gasteiger charge is -2.22. The van der Waals surface area contributed by atoms with Crippen LogP contribution in [0.1, 0.15) is 21.7 Å². The molecule has 0 atom stereocenters. The summed E-state index contributed by atoms with van der Waals surface area (Å²) in [6, 6.07) is 9.71. The standard InChI is InChI=1S/C18H19FN2O2S/c19-15-6-4-14(5-7-15)13-17(22)20-8-2-9-21(11-10-20)18(23)16-3-1-12-24-16/h1,3-7,12H,2,8-11,13H2. The SMILES string of the molecule is O=C(Cc1ccc(F)cc1)N1CCCN(C(=O)c2cccs2)CC1. The molecule has 0 unspecified atom stereocenters. The van der Waals surface area contributed by atoms with Crippen LogP contribution in [-0.2, 0) is 11.2 Å². The first-order valence-corrected chi connectivity index (χ1v) is 8.86. The Morgan fingerprint density at radius 3 is 2.42 bits per heavy atom. The van der Waals surface area contributed by atoms with E-state index in [4.69, 9.17) is 0 Å². The third-order valence-corrected chi connectivity index (χ3v) is 4.99. The van der Waals surface area contributed by atoms with E-state index < -0.39 is 0 Å². The first-order valence-electron chi connectivity index (χ1n) is 7.98. The highest BCUT2D eigenvalue weighted by Gasteiger charge is 2.23. The van der Waals surface area contributed by atoms with Gasteiger partial charge in [-0.3, -0.25) is 9.59 Å². The minimum absolute atomic E-state index is 0.0204. The van der Waals surface area contributed by atoms with E-state index in [0.717, 1.165) is 16.9 Å². The van der Waals surface area contributed by atoms with E-state index in [1.165, 1.54) is 23.5 Å². The Labute approximate surface area is 144 Å².